The van der Waals surface area contributed by atoms with E-state index < -0.39 is 0 Å². The highest BCUT2D eigenvalue weighted by Gasteiger charge is 2.23. The van der Waals surface area contributed by atoms with E-state index in [-0.39, 0.29) is 5.91 Å². The maximum atomic E-state index is 12.5. The fourth-order valence-electron chi connectivity index (χ4n) is 3.51. The molecular weight excluding hydrogens is 382 g/mol. The highest BCUT2D eigenvalue weighted by atomic mass is 32.1. The number of rotatable bonds is 6. The molecule has 29 heavy (non-hydrogen) atoms. The van der Waals surface area contributed by atoms with Crippen molar-refractivity contribution in [1.82, 2.24) is 9.88 Å². The summed E-state index contributed by atoms with van der Waals surface area (Å²) >= 11 is 1.75. The molecule has 5 nitrogen and oxygen atoms in total. The molecule has 6 heteroatoms. The van der Waals surface area contributed by atoms with Gasteiger partial charge in [0, 0.05) is 26.2 Å². The van der Waals surface area contributed by atoms with Crippen LogP contribution in [0.2, 0.25) is 0 Å². The number of carbonyl (C=O) groups excluding carboxylic acids is 1. The molecule has 1 aromatic heterocycles. The number of thiazole rings is 1. The number of nitrogens with zero attached hydrogens (tertiary/aromatic N) is 3. The number of fused-ring (bicyclic) bond motifs is 1. The largest absolute Gasteiger partial charge is 0.493 e. The van der Waals surface area contributed by atoms with Gasteiger partial charge in [0.25, 0.3) is 0 Å². The summed E-state index contributed by atoms with van der Waals surface area (Å²) in [5, 5.41) is 1.06. The fraction of sp³-hybridized carbons (Fsp3) is 0.391. The SMILES string of the molecule is CCc1ccc2nc(N3CCN(C(=O)CCOc4ccc(C)cc4)CC3)sc2c1. The zero-order valence-electron chi connectivity index (χ0n) is 17.1. The molecule has 1 aliphatic heterocycles. The molecule has 1 saturated heterocycles. The van der Waals surface area contributed by atoms with Crippen molar-refractivity contribution in [3.05, 3.63) is 53.6 Å². The molecule has 0 radical (unpaired) electrons. The topological polar surface area (TPSA) is 45.7 Å². The predicted octanol–water partition coefficient (Wildman–Crippen LogP) is 4.28. The first kappa shape index (κ1) is 19.7. The molecule has 3 aromatic rings. The third kappa shape index (κ3) is 4.70. The number of hydrogen-bond acceptors (Lipinski definition) is 5. The monoisotopic (exact) mass is 409 g/mol. The molecule has 0 N–H and O–H groups in total. The van der Waals surface area contributed by atoms with Gasteiger partial charge in [0.15, 0.2) is 5.13 Å². The van der Waals surface area contributed by atoms with Crippen LogP contribution in [-0.4, -0.2) is 48.6 Å². The van der Waals surface area contributed by atoms with E-state index in [1.165, 1.54) is 15.8 Å². The van der Waals surface area contributed by atoms with Crippen molar-refractivity contribution in [2.75, 3.05) is 37.7 Å². The van der Waals surface area contributed by atoms with Gasteiger partial charge in [-0.25, -0.2) is 4.98 Å². The number of aromatic nitrogens is 1. The Labute approximate surface area is 175 Å². The smallest absolute Gasteiger partial charge is 0.226 e. The van der Waals surface area contributed by atoms with Gasteiger partial charge in [0.05, 0.1) is 23.2 Å². The minimum Gasteiger partial charge on any atom is -0.493 e. The minimum atomic E-state index is 0.161. The molecule has 0 unspecified atom stereocenters. The van der Waals surface area contributed by atoms with Crippen molar-refractivity contribution in [1.29, 1.82) is 0 Å². The number of benzene rings is 2. The summed E-state index contributed by atoms with van der Waals surface area (Å²) < 4.78 is 6.94. The predicted molar refractivity (Wildman–Crippen MR) is 119 cm³/mol. The first-order chi connectivity index (χ1) is 14.1. The summed E-state index contributed by atoms with van der Waals surface area (Å²) in [7, 11) is 0. The summed E-state index contributed by atoms with van der Waals surface area (Å²) in [6.07, 6.45) is 1.45. The Hall–Kier alpha value is -2.60. The van der Waals surface area contributed by atoms with Crippen molar-refractivity contribution in [3.63, 3.8) is 0 Å². The van der Waals surface area contributed by atoms with E-state index in [0.29, 0.717) is 13.0 Å². The van der Waals surface area contributed by atoms with Crippen LogP contribution in [0.5, 0.6) is 5.75 Å². The molecule has 1 aliphatic rings. The maximum absolute atomic E-state index is 12.5. The Morgan fingerprint density at radius 2 is 1.86 bits per heavy atom. The highest BCUT2D eigenvalue weighted by Crippen LogP contribution is 2.30. The molecule has 1 amide bonds. The van der Waals surface area contributed by atoms with E-state index in [4.69, 9.17) is 9.72 Å². The number of carbonyl (C=O) groups is 1. The summed E-state index contributed by atoms with van der Waals surface area (Å²) in [6, 6.07) is 14.4. The molecule has 1 fully saturated rings. The second-order valence-corrected chi connectivity index (χ2v) is 8.44. The highest BCUT2D eigenvalue weighted by molar-refractivity contribution is 7.22. The zero-order valence-corrected chi connectivity index (χ0v) is 17.9. The molecule has 0 saturated carbocycles. The van der Waals surface area contributed by atoms with Crippen molar-refractivity contribution >= 4 is 32.6 Å². The number of hydrogen-bond donors (Lipinski definition) is 0. The van der Waals surface area contributed by atoms with Gasteiger partial charge in [-0.15, -0.1) is 0 Å². The normalized spacial score (nSPS) is 14.4. The number of piperazine rings is 1. The second kappa shape index (κ2) is 8.82. The summed E-state index contributed by atoms with van der Waals surface area (Å²) in [5.74, 6) is 0.976. The van der Waals surface area contributed by atoms with Crippen LogP contribution in [0.4, 0.5) is 5.13 Å². The second-order valence-electron chi connectivity index (χ2n) is 7.43. The Kier molecular flexibility index (Phi) is 6.00. The standard InChI is InChI=1S/C23H27N3O2S/c1-3-18-6-9-20-21(16-18)29-23(24-20)26-13-11-25(12-14-26)22(27)10-15-28-19-7-4-17(2)5-8-19/h4-9,16H,3,10-15H2,1-2H3. The van der Waals surface area contributed by atoms with Gasteiger partial charge >= 0.3 is 0 Å². The van der Waals surface area contributed by atoms with Gasteiger partial charge in [0.2, 0.25) is 5.91 Å². The van der Waals surface area contributed by atoms with E-state index in [1.807, 2.05) is 36.1 Å². The fourth-order valence-corrected chi connectivity index (χ4v) is 4.59. The van der Waals surface area contributed by atoms with E-state index in [9.17, 15) is 4.79 Å². The quantitative estimate of drug-likeness (QED) is 0.609. The van der Waals surface area contributed by atoms with Crippen molar-refractivity contribution in [2.24, 2.45) is 0 Å². The minimum absolute atomic E-state index is 0.161. The lowest BCUT2D eigenvalue weighted by Gasteiger charge is -2.34. The molecule has 4 rings (SSSR count). The number of aryl methyl sites for hydroxylation is 2. The molecule has 152 valence electrons. The Bertz CT molecular complexity index is 975. The van der Waals surface area contributed by atoms with Crippen molar-refractivity contribution in [2.45, 2.75) is 26.7 Å². The molecule has 0 bridgehead atoms. The first-order valence-electron chi connectivity index (χ1n) is 10.2. The molecule has 0 aliphatic carbocycles. The average molecular weight is 410 g/mol. The Morgan fingerprint density at radius 1 is 1.10 bits per heavy atom. The summed E-state index contributed by atoms with van der Waals surface area (Å²) in [5.41, 5.74) is 3.61. The summed E-state index contributed by atoms with van der Waals surface area (Å²) in [4.78, 5) is 21.5. The van der Waals surface area contributed by atoms with Gasteiger partial charge in [-0.05, 0) is 43.2 Å². The lowest BCUT2D eigenvalue weighted by atomic mass is 10.2. The van der Waals surface area contributed by atoms with E-state index >= 15 is 0 Å². The Balaban J connectivity index is 1.27. The van der Waals surface area contributed by atoms with Crippen LogP contribution >= 0.6 is 11.3 Å². The zero-order chi connectivity index (χ0) is 20.2. The third-order valence-corrected chi connectivity index (χ3v) is 6.44. The average Bonchev–Trinajstić information content (AvgIpc) is 3.18. The molecule has 0 spiro atoms. The van der Waals surface area contributed by atoms with Gasteiger partial charge in [-0.1, -0.05) is 42.0 Å². The third-order valence-electron chi connectivity index (χ3n) is 5.36. The van der Waals surface area contributed by atoms with Gasteiger partial charge in [-0.2, -0.15) is 0 Å². The maximum Gasteiger partial charge on any atom is 0.226 e. The van der Waals surface area contributed by atoms with Crippen molar-refractivity contribution < 1.29 is 9.53 Å². The van der Waals surface area contributed by atoms with Gasteiger partial charge in [0.1, 0.15) is 5.75 Å². The van der Waals surface area contributed by atoms with Crippen molar-refractivity contribution in [3.8, 4) is 5.75 Å². The molecule has 2 heterocycles. The molecular formula is C23H27N3O2S. The Morgan fingerprint density at radius 3 is 2.59 bits per heavy atom. The van der Waals surface area contributed by atoms with Crippen LogP contribution in [0.1, 0.15) is 24.5 Å². The van der Waals surface area contributed by atoms with Crippen LogP contribution in [0.15, 0.2) is 42.5 Å². The lowest BCUT2D eigenvalue weighted by Crippen LogP contribution is -2.49. The van der Waals surface area contributed by atoms with Crippen LogP contribution in [0, 0.1) is 6.92 Å². The van der Waals surface area contributed by atoms with Gasteiger partial charge in [-0.3, -0.25) is 4.79 Å². The van der Waals surface area contributed by atoms with Crippen LogP contribution in [0.25, 0.3) is 10.2 Å². The number of amides is 1. The van der Waals surface area contributed by atoms with Crippen LogP contribution in [0.3, 0.4) is 0 Å². The van der Waals surface area contributed by atoms with Crippen LogP contribution < -0.4 is 9.64 Å². The van der Waals surface area contributed by atoms with Gasteiger partial charge < -0.3 is 14.5 Å². The lowest BCUT2D eigenvalue weighted by molar-refractivity contribution is -0.132. The van der Waals surface area contributed by atoms with Crippen LogP contribution in [-0.2, 0) is 11.2 Å². The van der Waals surface area contributed by atoms with E-state index in [0.717, 1.165) is 49.0 Å². The van der Waals surface area contributed by atoms with E-state index in [1.54, 1.807) is 11.3 Å². The van der Waals surface area contributed by atoms with E-state index in [2.05, 4.69) is 30.0 Å². The first-order valence-corrected chi connectivity index (χ1v) is 11.1. The number of ether oxygens (including phenoxy) is 1. The molecule has 0 atom stereocenters. The number of anilines is 1. The summed E-state index contributed by atoms with van der Waals surface area (Å²) in [6.45, 7) is 7.75. The molecule has 2 aromatic carbocycles.